The molecule has 0 bridgehead atoms. The van der Waals surface area contributed by atoms with Crippen LogP contribution in [-0.4, -0.2) is 42.0 Å². The average Bonchev–Trinajstić information content (AvgIpc) is 2.44. The van der Waals surface area contributed by atoms with E-state index in [0.29, 0.717) is 0 Å². The highest BCUT2D eigenvalue weighted by molar-refractivity contribution is 5.72. The largest absolute Gasteiger partial charge is 0.431 e. The number of carbonyl (C=O) groups excluding carboxylic acids is 1. The highest BCUT2D eigenvalue weighted by Crippen LogP contribution is 2.33. The van der Waals surface area contributed by atoms with Crippen molar-refractivity contribution in [2.24, 2.45) is 0 Å². The van der Waals surface area contributed by atoms with Gasteiger partial charge >= 0.3 is 13.2 Å². The van der Waals surface area contributed by atoms with Gasteiger partial charge in [0.2, 0.25) is 5.91 Å². The molecule has 0 aliphatic carbocycles. The van der Waals surface area contributed by atoms with Gasteiger partial charge in [-0.3, -0.25) is 4.79 Å². The molecule has 0 fully saturated rings. The highest BCUT2D eigenvalue weighted by Gasteiger charge is 2.22. The van der Waals surface area contributed by atoms with Crippen molar-refractivity contribution in [1.29, 1.82) is 0 Å². The minimum absolute atomic E-state index is 0.0832. The van der Waals surface area contributed by atoms with Crippen molar-refractivity contribution < 1.29 is 42.0 Å². The molecule has 1 aromatic rings. The van der Waals surface area contributed by atoms with E-state index in [4.69, 9.17) is 0 Å². The molecule has 0 saturated heterocycles. The summed E-state index contributed by atoms with van der Waals surface area (Å²) in [5.41, 5.74) is -0.0832. The Kier molecular flexibility index (Phi) is 7.04. The van der Waals surface area contributed by atoms with Gasteiger partial charge in [0, 0.05) is 13.5 Å². The van der Waals surface area contributed by atoms with Crippen molar-refractivity contribution in [2.75, 3.05) is 6.54 Å². The van der Waals surface area contributed by atoms with Gasteiger partial charge in [0.1, 0.15) is 12.2 Å². The lowest BCUT2D eigenvalue weighted by Gasteiger charge is -2.20. The zero-order valence-electron chi connectivity index (χ0n) is 11.9. The van der Waals surface area contributed by atoms with Crippen LogP contribution in [0.15, 0.2) is 18.2 Å². The number of hydrogen-bond acceptors (Lipinski definition) is 5. The summed E-state index contributed by atoms with van der Waals surface area (Å²) in [5.74, 6) is -1.81. The van der Waals surface area contributed by atoms with Gasteiger partial charge in [-0.2, -0.15) is 17.6 Å². The number of nitrogens with one attached hydrogen (secondary N) is 1. The molecule has 2 atom stereocenters. The maximum absolute atomic E-state index is 12.3. The molecule has 23 heavy (non-hydrogen) atoms. The Morgan fingerprint density at radius 1 is 1.13 bits per heavy atom. The molecule has 3 N–H and O–H groups in total. The topological polar surface area (TPSA) is 88.0 Å². The van der Waals surface area contributed by atoms with Crippen molar-refractivity contribution >= 4 is 5.91 Å². The molecule has 0 spiro atoms. The van der Waals surface area contributed by atoms with E-state index in [1.54, 1.807) is 0 Å². The van der Waals surface area contributed by atoms with E-state index in [9.17, 15) is 32.6 Å². The Labute approximate surface area is 128 Å². The Morgan fingerprint density at radius 2 is 1.70 bits per heavy atom. The Balaban J connectivity index is 2.96. The van der Waals surface area contributed by atoms with E-state index in [1.807, 2.05) is 0 Å². The second kappa shape index (κ2) is 8.53. The zero-order valence-corrected chi connectivity index (χ0v) is 11.9. The number of aliphatic hydroxyl groups excluding tert-OH is 2. The Morgan fingerprint density at radius 3 is 2.22 bits per heavy atom. The first-order valence-corrected chi connectivity index (χ1v) is 6.34. The van der Waals surface area contributed by atoms with E-state index in [-0.39, 0.29) is 12.1 Å². The molecule has 1 amide bonds. The normalized spacial score (nSPS) is 13.8. The van der Waals surface area contributed by atoms with Crippen LogP contribution >= 0.6 is 0 Å². The Bertz CT molecular complexity index is 529. The van der Waals surface area contributed by atoms with Crippen molar-refractivity contribution in [2.45, 2.75) is 32.4 Å². The number of benzene rings is 1. The van der Waals surface area contributed by atoms with Crippen molar-refractivity contribution in [3.63, 3.8) is 0 Å². The summed E-state index contributed by atoms with van der Waals surface area (Å²) in [4.78, 5) is 10.7. The fourth-order valence-electron chi connectivity index (χ4n) is 1.67. The second-order valence-corrected chi connectivity index (χ2v) is 4.41. The zero-order chi connectivity index (χ0) is 17.6. The van der Waals surface area contributed by atoms with Gasteiger partial charge in [-0.15, -0.1) is 0 Å². The summed E-state index contributed by atoms with van der Waals surface area (Å²) in [6.07, 6.45) is -3.01. The predicted molar refractivity (Wildman–Crippen MR) is 69.4 cm³/mol. The van der Waals surface area contributed by atoms with Crippen molar-refractivity contribution in [3.8, 4) is 11.5 Å². The van der Waals surface area contributed by atoms with Gasteiger partial charge in [-0.05, 0) is 17.7 Å². The standard InChI is InChI=1S/C13H15F4NO5/c1-6(19)18-5-8(20)11(21)7-2-3-9(22-12(14)15)10(4-7)23-13(16)17/h2-4,8,11-13,20-21H,5H2,1H3,(H,18,19). The summed E-state index contributed by atoms with van der Waals surface area (Å²) in [7, 11) is 0. The van der Waals surface area contributed by atoms with Crippen LogP contribution in [0, 0.1) is 0 Å². The molecule has 10 heteroatoms. The van der Waals surface area contributed by atoms with E-state index < -0.39 is 42.8 Å². The first-order chi connectivity index (χ1) is 10.7. The highest BCUT2D eigenvalue weighted by atomic mass is 19.3. The summed E-state index contributed by atoms with van der Waals surface area (Å²) in [6, 6.07) is 2.83. The summed E-state index contributed by atoms with van der Waals surface area (Å²) in [6.45, 7) is -5.65. The third kappa shape index (κ3) is 6.28. The molecule has 0 heterocycles. The SMILES string of the molecule is CC(=O)NCC(O)C(O)c1ccc(OC(F)F)c(OC(F)F)c1. The predicted octanol–water partition coefficient (Wildman–Crippen LogP) is 1.42. The second-order valence-electron chi connectivity index (χ2n) is 4.41. The number of ether oxygens (including phenoxy) is 2. The molecular weight excluding hydrogens is 326 g/mol. The molecule has 0 aliphatic heterocycles. The van der Waals surface area contributed by atoms with Crippen LogP contribution in [-0.2, 0) is 4.79 Å². The van der Waals surface area contributed by atoms with Crippen molar-refractivity contribution in [3.05, 3.63) is 23.8 Å². The number of carbonyl (C=O) groups is 1. The van der Waals surface area contributed by atoms with Crippen LogP contribution < -0.4 is 14.8 Å². The van der Waals surface area contributed by atoms with Gasteiger partial charge < -0.3 is 25.0 Å². The first kappa shape index (κ1) is 19.0. The van der Waals surface area contributed by atoms with Gasteiger partial charge in [0.25, 0.3) is 0 Å². The fraction of sp³-hybridized carbons (Fsp3) is 0.462. The lowest BCUT2D eigenvalue weighted by molar-refractivity contribution is -0.119. The average molecular weight is 341 g/mol. The lowest BCUT2D eigenvalue weighted by atomic mass is 10.0. The van der Waals surface area contributed by atoms with Crippen molar-refractivity contribution in [1.82, 2.24) is 5.32 Å². The van der Waals surface area contributed by atoms with E-state index >= 15 is 0 Å². The van der Waals surface area contributed by atoms with Crippen LogP contribution in [0.5, 0.6) is 11.5 Å². The quantitative estimate of drug-likeness (QED) is 0.623. The smallest absolute Gasteiger partial charge is 0.387 e. The van der Waals surface area contributed by atoms with Crippen LogP contribution in [0.1, 0.15) is 18.6 Å². The third-order valence-electron chi connectivity index (χ3n) is 2.67. The molecule has 2 unspecified atom stereocenters. The Hall–Kier alpha value is -2.07. The van der Waals surface area contributed by atoms with Crippen LogP contribution in [0.3, 0.4) is 0 Å². The number of alkyl halides is 4. The molecule has 0 aliphatic rings. The number of amides is 1. The first-order valence-electron chi connectivity index (χ1n) is 6.34. The third-order valence-corrected chi connectivity index (χ3v) is 2.67. The van der Waals surface area contributed by atoms with Gasteiger partial charge in [0.05, 0.1) is 0 Å². The van der Waals surface area contributed by atoms with E-state index in [2.05, 4.69) is 14.8 Å². The molecule has 130 valence electrons. The monoisotopic (exact) mass is 341 g/mol. The molecule has 1 aromatic carbocycles. The summed E-state index contributed by atoms with van der Waals surface area (Å²) >= 11 is 0. The number of rotatable bonds is 8. The fourth-order valence-corrected chi connectivity index (χ4v) is 1.67. The lowest BCUT2D eigenvalue weighted by Crippen LogP contribution is -2.34. The number of aliphatic hydroxyl groups is 2. The maximum Gasteiger partial charge on any atom is 0.387 e. The summed E-state index contributed by atoms with van der Waals surface area (Å²) < 4.78 is 57.1. The van der Waals surface area contributed by atoms with Gasteiger partial charge in [-0.1, -0.05) is 6.07 Å². The maximum atomic E-state index is 12.3. The molecular formula is C13H15F4NO5. The minimum Gasteiger partial charge on any atom is -0.431 e. The molecule has 0 saturated carbocycles. The van der Waals surface area contributed by atoms with Gasteiger partial charge in [0.15, 0.2) is 11.5 Å². The van der Waals surface area contributed by atoms with Crippen LogP contribution in [0.4, 0.5) is 17.6 Å². The molecule has 0 aromatic heterocycles. The molecule has 1 rings (SSSR count). The van der Waals surface area contributed by atoms with Crippen LogP contribution in [0.2, 0.25) is 0 Å². The van der Waals surface area contributed by atoms with Crippen LogP contribution in [0.25, 0.3) is 0 Å². The summed E-state index contributed by atoms with van der Waals surface area (Å²) in [5, 5.41) is 21.9. The number of halogens is 4. The minimum atomic E-state index is -3.30. The van der Waals surface area contributed by atoms with Gasteiger partial charge in [-0.25, -0.2) is 0 Å². The molecule has 6 nitrogen and oxygen atoms in total. The van der Waals surface area contributed by atoms with E-state index in [1.165, 1.54) is 6.92 Å². The number of hydrogen-bond donors (Lipinski definition) is 3. The van der Waals surface area contributed by atoms with E-state index in [0.717, 1.165) is 18.2 Å². The molecule has 0 radical (unpaired) electrons.